The van der Waals surface area contributed by atoms with Crippen LogP contribution in [0.5, 0.6) is 0 Å². The number of phosphoric ester groups is 1. The molecule has 0 aliphatic heterocycles. The maximum atomic E-state index is 12.6. The van der Waals surface area contributed by atoms with E-state index in [0.717, 1.165) is 44.9 Å². The van der Waals surface area contributed by atoms with Gasteiger partial charge in [-0.1, -0.05) is 157 Å². The highest BCUT2D eigenvalue weighted by atomic mass is 31.2. The van der Waals surface area contributed by atoms with Crippen LogP contribution in [-0.4, -0.2) is 71.1 Å². The first-order valence-corrected chi connectivity index (χ1v) is 22.5. The number of phosphoric acid groups is 1. The molecule has 4 atom stereocenters. The molecule has 0 amide bonds. The number of esters is 2. The lowest BCUT2D eigenvalue weighted by molar-refractivity contribution is -0.161. The SMILES string of the molecule is CCCCCCCCCCCCCCCC(=O)OCC(COP(=O)(O)OCC(N)C(=O)O)OC(=O)CC/C=C/C/C=C/C/C=C/C/C=C/C/C=C/C/C=C\C(C)O. The van der Waals surface area contributed by atoms with Crippen molar-refractivity contribution in [3.8, 4) is 0 Å². The first kappa shape index (κ1) is 53.9. The van der Waals surface area contributed by atoms with E-state index in [2.05, 4.69) is 54.0 Å². The smallest absolute Gasteiger partial charge is 0.472 e. The van der Waals surface area contributed by atoms with Crippen LogP contribution < -0.4 is 5.73 Å². The first-order valence-electron chi connectivity index (χ1n) is 21.0. The Morgan fingerprint density at radius 3 is 1.53 bits per heavy atom. The van der Waals surface area contributed by atoms with Gasteiger partial charge >= 0.3 is 25.7 Å². The number of aliphatic carboxylic acids is 1. The van der Waals surface area contributed by atoms with Crippen LogP contribution in [0.3, 0.4) is 0 Å². The number of hydrogen-bond acceptors (Lipinski definition) is 10. The number of hydrogen-bond donors (Lipinski definition) is 4. The standard InChI is InChI=1S/C44H74NO11P/c1-3-4-5-6-7-8-9-15-19-22-25-28-31-34-42(47)53-36-40(37-54-57(51,52)55-38-41(45)44(49)50)56-43(48)35-32-29-26-23-20-17-14-12-10-11-13-16-18-21-24-27-30-33-39(2)46/h10,12-13,16-17,20-21,24,26,29-30,33,39-41,46H,3-9,11,14-15,18-19,22-23,25,27-28,31-32,34-38,45H2,1-2H3,(H,49,50)(H,51,52)/b12-10+,16-13+,20-17+,24-21+,29-26+,33-30-. The molecule has 4 unspecified atom stereocenters. The average Bonchev–Trinajstić information content (AvgIpc) is 3.17. The number of ether oxygens (including phenoxy) is 2. The molecule has 0 aliphatic carbocycles. The molecule has 0 aromatic heterocycles. The van der Waals surface area contributed by atoms with Crippen molar-refractivity contribution in [3.63, 3.8) is 0 Å². The molecule has 0 fully saturated rings. The number of carbonyl (C=O) groups is 3. The minimum atomic E-state index is -4.74. The fraction of sp³-hybridized carbons (Fsp3) is 0.659. The van der Waals surface area contributed by atoms with Gasteiger partial charge in [0, 0.05) is 12.8 Å². The highest BCUT2D eigenvalue weighted by Gasteiger charge is 2.28. The number of carboxylic acid groups (broad SMARTS) is 1. The largest absolute Gasteiger partial charge is 0.480 e. The van der Waals surface area contributed by atoms with Gasteiger partial charge in [-0.05, 0) is 51.9 Å². The summed E-state index contributed by atoms with van der Waals surface area (Å²) in [6.45, 7) is 2.17. The first-order chi connectivity index (χ1) is 27.5. The van der Waals surface area contributed by atoms with Crippen molar-refractivity contribution in [1.29, 1.82) is 0 Å². The van der Waals surface area contributed by atoms with Crippen LogP contribution >= 0.6 is 7.82 Å². The number of carboxylic acids is 1. The minimum absolute atomic E-state index is 0.0243. The van der Waals surface area contributed by atoms with E-state index in [1.807, 2.05) is 24.3 Å². The number of allylic oxidation sites excluding steroid dienone is 11. The third kappa shape index (κ3) is 39.5. The number of rotatable bonds is 38. The molecule has 5 N–H and O–H groups in total. The van der Waals surface area contributed by atoms with E-state index in [9.17, 15) is 28.9 Å². The van der Waals surface area contributed by atoms with E-state index in [0.29, 0.717) is 19.3 Å². The van der Waals surface area contributed by atoms with E-state index in [1.54, 1.807) is 13.0 Å². The summed E-state index contributed by atoms with van der Waals surface area (Å²) in [4.78, 5) is 45.8. The second-order valence-electron chi connectivity index (χ2n) is 14.0. The number of nitrogens with two attached hydrogens (primary N) is 1. The minimum Gasteiger partial charge on any atom is -0.480 e. The van der Waals surface area contributed by atoms with Crippen molar-refractivity contribution in [1.82, 2.24) is 0 Å². The number of carbonyl (C=O) groups excluding carboxylic acids is 2. The maximum absolute atomic E-state index is 12.6. The monoisotopic (exact) mass is 823 g/mol. The zero-order chi connectivity index (χ0) is 42.2. The molecule has 0 spiro atoms. The van der Waals surface area contributed by atoms with Crippen LogP contribution in [0.2, 0.25) is 0 Å². The number of aliphatic hydroxyl groups is 1. The highest BCUT2D eigenvalue weighted by Crippen LogP contribution is 2.43. The molecule has 0 saturated carbocycles. The van der Waals surface area contributed by atoms with Crippen molar-refractivity contribution in [2.24, 2.45) is 5.73 Å². The fourth-order valence-corrected chi connectivity index (χ4v) is 6.00. The molecule has 0 radical (unpaired) electrons. The van der Waals surface area contributed by atoms with Gasteiger partial charge < -0.3 is 30.3 Å². The van der Waals surface area contributed by atoms with Crippen molar-refractivity contribution in [3.05, 3.63) is 72.9 Å². The second-order valence-corrected chi connectivity index (χ2v) is 15.5. The summed E-state index contributed by atoms with van der Waals surface area (Å²) in [5, 5.41) is 18.0. The summed E-state index contributed by atoms with van der Waals surface area (Å²) < 4.78 is 32.5. The Hall–Kier alpha value is -3.12. The molecule has 0 rings (SSSR count). The molecule has 12 nitrogen and oxygen atoms in total. The van der Waals surface area contributed by atoms with Gasteiger partial charge in [0.05, 0.1) is 19.3 Å². The Bertz CT molecular complexity index is 1260. The van der Waals surface area contributed by atoms with Gasteiger partial charge in [-0.2, -0.15) is 0 Å². The third-order valence-electron chi connectivity index (χ3n) is 8.49. The lowest BCUT2D eigenvalue weighted by atomic mass is 10.0. The molecule has 326 valence electrons. The lowest BCUT2D eigenvalue weighted by Crippen LogP contribution is -2.34. The van der Waals surface area contributed by atoms with Crippen LogP contribution in [-0.2, 0) is 37.5 Å². The summed E-state index contributed by atoms with van der Waals surface area (Å²) >= 11 is 0. The van der Waals surface area contributed by atoms with Crippen molar-refractivity contribution in [2.75, 3.05) is 19.8 Å². The van der Waals surface area contributed by atoms with Crippen molar-refractivity contribution >= 4 is 25.7 Å². The van der Waals surface area contributed by atoms with E-state index in [4.69, 9.17) is 24.8 Å². The average molecular weight is 824 g/mol. The van der Waals surface area contributed by atoms with Gasteiger partial charge in [-0.15, -0.1) is 0 Å². The second kappa shape index (κ2) is 38.4. The van der Waals surface area contributed by atoms with Gasteiger partial charge in [-0.25, -0.2) is 4.57 Å². The van der Waals surface area contributed by atoms with Crippen LogP contribution in [0.15, 0.2) is 72.9 Å². The zero-order valence-electron chi connectivity index (χ0n) is 34.8. The molecule has 0 heterocycles. The van der Waals surface area contributed by atoms with Gasteiger partial charge in [0.2, 0.25) is 0 Å². The fourth-order valence-electron chi connectivity index (χ4n) is 5.22. The van der Waals surface area contributed by atoms with E-state index in [-0.39, 0.29) is 19.4 Å². The quantitative estimate of drug-likeness (QED) is 0.0200. The van der Waals surface area contributed by atoms with E-state index in [1.165, 1.54) is 57.8 Å². The van der Waals surface area contributed by atoms with Crippen molar-refractivity contribution < 1.29 is 52.6 Å². The number of aliphatic hydroxyl groups excluding tert-OH is 1. The van der Waals surface area contributed by atoms with E-state index < -0.39 is 57.2 Å². The molecule has 57 heavy (non-hydrogen) atoms. The van der Waals surface area contributed by atoms with Crippen LogP contribution in [0.1, 0.15) is 149 Å². The molecule has 0 aliphatic rings. The molecule has 13 heteroatoms. The zero-order valence-corrected chi connectivity index (χ0v) is 35.7. The van der Waals surface area contributed by atoms with E-state index >= 15 is 0 Å². The Balaban J connectivity index is 4.52. The summed E-state index contributed by atoms with van der Waals surface area (Å²) in [5.41, 5.74) is 5.32. The summed E-state index contributed by atoms with van der Waals surface area (Å²) in [5.74, 6) is -2.51. The Morgan fingerprint density at radius 1 is 0.614 bits per heavy atom. The molecule has 0 saturated heterocycles. The normalized spacial score (nSPS) is 15.0. The Morgan fingerprint density at radius 2 is 1.05 bits per heavy atom. The predicted octanol–water partition coefficient (Wildman–Crippen LogP) is 9.92. The molecule has 0 aromatic carbocycles. The van der Waals surface area contributed by atoms with Gasteiger partial charge in [0.1, 0.15) is 12.6 Å². The summed E-state index contributed by atoms with van der Waals surface area (Å²) in [7, 11) is -4.74. The molecule has 0 bridgehead atoms. The lowest BCUT2D eigenvalue weighted by Gasteiger charge is -2.20. The number of unbranched alkanes of at least 4 members (excludes halogenated alkanes) is 12. The summed E-state index contributed by atoms with van der Waals surface area (Å²) in [6.07, 6.45) is 42.7. The van der Waals surface area contributed by atoms with Crippen LogP contribution in [0.4, 0.5) is 0 Å². The van der Waals surface area contributed by atoms with Crippen LogP contribution in [0, 0.1) is 0 Å². The highest BCUT2D eigenvalue weighted by molar-refractivity contribution is 7.47. The summed E-state index contributed by atoms with van der Waals surface area (Å²) in [6, 6.07) is -1.54. The molecular formula is C44H74NO11P. The molecule has 0 aromatic rings. The predicted molar refractivity (Wildman–Crippen MR) is 227 cm³/mol. The maximum Gasteiger partial charge on any atom is 0.472 e. The van der Waals surface area contributed by atoms with Gasteiger partial charge in [-0.3, -0.25) is 23.4 Å². The topological polar surface area (TPSA) is 192 Å². The van der Waals surface area contributed by atoms with Gasteiger partial charge in [0.15, 0.2) is 6.10 Å². The Kier molecular flexibility index (Phi) is 36.3. The van der Waals surface area contributed by atoms with Crippen molar-refractivity contribution in [2.45, 2.75) is 167 Å². The Labute approximate surface area is 343 Å². The third-order valence-corrected chi connectivity index (χ3v) is 9.45. The van der Waals surface area contributed by atoms with Crippen LogP contribution in [0.25, 0.3) is 0 Å². The molecular weight excluding hydrogens is 749 g/mol. The van der Waals surface area contributed by atoms with Gasteiger partial charge in [0.25, 0.3) is 0 Å².